The van der Waals surface area contributed by atoms with Crippen LogP contribution < -0.4 is 10.9 Å². The lowest BCUT2D eigenvalue weighted by molar-refractivity contribution is 0.0601. The molecule has 74 valence electrons. The lowest BCUT2D eigenvalue weighted by Crippen LogP contribution is -2.13. The zero-order valence-electron chi connectivity index (χ0n) is 7.50. The minimum Gasteiger partial charge on any atom is -0.465 e. The van der Waals surface area contributed by atoms with Crippen LogP contribution in [0.1, 0.15) is 20.9 Å². The first-order valence-electron chi connectivity index (χ1n) is 4.10. The number of fused-ring (bicyclic) bond motifs is 1. The van der Waals surface area contributed by atoms with E-state index in [0.717, 1.165) is 11.3 Å². The van der Waals surface area contributed by atoms with Gasteiger partial charge in [-0.1, -0.05) is 22.0 Å². The number of carbonyl (C=O) groups is 1. The van der Waals surface area contributed by atoms with Crippen molar-refractivity contribution in [2.75, 3.05) is 12.5 Å². The second kappa shape index (κ2) is 3.59. The second-order valence-electron chi connectivity index (χ2n) is 2.93. The van der Waals surface area contributed by atoms with Crippen molar-refractivity contribution in [2.24, 2.45) is 0 Å². The van der Waals surface area contributed by atoms with Crippen molar-refractivity contribution in [2.45, 2.75) is 4.95 Å². The number of halogens is 1. The molecule has 1 atom stereocenters. The molecule has 1 aliphatic rings. The fraction of sp³-hybridized carbons (Fsp3) is 0.222. The van der Waals surface area contributed by atoms with Crippen LogP contribution in [0.4, 0.5) is 5.69 Å². The van der Waals surface area contributed by atoms with Crippen LogP contribution in [0.5, 0.6) is 0 Å². The summed E-state index contributed by atoms with van der Waals surface area (Å²) in [5, 5.41) is 0. The van der Waals surface area contributed by atoms with Crippen LogP contribution in [0.15, 0.2) is 18.2 Å². The van der Waals surface area contributed by atoms with Crippen LogP contribution in [0.2, 0.25) is 0 Å². The van der Waals surface area contributed by atoms with Gasteiger partial charge in [0.25, 0.3) is 0 Å². The number of hydrogen-bond donors (Lipinski definition) is 2. The first kappa shape index (κ1) is 9.48. The number of hydrogen-bond acceptors (Lipinski definition) is 4. The summed E-state index contributed by atoms with van der Waals surface area (Å²) >= 11 is 3.43. The van der Waals surface area contributed by atoms with Crippen molar-refractivity contribution in [1.29, 1.82) is 0 Å². The quantitative estimate of drug-likeness (QED) is 0.457. The predicted molar refractivity (Wildman–Crippen MR) is 56.2 cm³/mol. The van der Waals surface area contributed by atoms with Crippen LogP contribution in [0.3, 0.4) is 0 Å². The van der Waals surface area contributed by atoms with Crippen LogP contribution in [0, 0.1) is 0 Å². The SMILES string of the molecule is COC(=O)c1ccc2c(c1)NNC2Br. The molecule has 0 aromatic heterocycles. The lowest BCUT2D eigenvalue weighted by atomic mass is 10.1. The Bertz CT molecular complexity index is 381. The number of rotatable bonds is 1. The van der Waals surface area contributed by atoms with E-state index in [0.29, 0.717) is 5.56 Å². The average molecular weight is 257 g/mol. The van der Waals surface area contributed by atoms with Gasteiger partial charge >= 0.3 is 5.97 Å². The highest BCUT2D eigenvalue weighted by Gasteiger charge is 2.20. The van der Waals surface area contributed by atoms with Crippen LogP contribution >= 0.6 is 15.9 Å². The number of benzene rings is 1. The van der Waals surface area contributed by atoms with Gasteiger partial charge in [0.05, 0.1) is 18.4 Å². The third-order valence-electron chi connectivity index (χ3n) is 2.08. The van der Waals surface area contributed by atoms with E-state index in [1.54, 1.807) is 12.1 Å². The van der Waals surface area contributed by atoms with Gasteiger partial charge in [0.2, 0.25) is 0 Å². The van der Waals surface area contributed by atoms with E-state index in [-0.39, 0.29) is 10.9 Å². The topological polar surface area (TPSA) is 50.4 Å². The molecule has 0 amide bonds. The average Bonchev–Trinajstić information content (AvgIpc) is 2.59. The van der Waals surface area contributed by atoms with Gasteiger partial charge in [0.1, 0.15) is 4.95 Å². The third-order valence-corrected chi connectivity index (χ3v) is 2.80. The van der Waals surface area contributed by atoms with E-state index in [1.165, 1.54) is 7.11 Å². The summed E-state index contributed by atoms with van der Waals surface area (Å²) in [5.41, 5.74) is 8.47. The van der Waals surface area contributed by atoms with Gasteiger partial charge in [0, 0.05) is 5.56 Å². The fourth-order valence-corrected chi connectivity index (χ4v) is 1.86. The first-order valence-corrected chi connectivity index (χ1v) is 5.02. The van der Waals surface area contributed by atoms with Crippen LogP contribution in [0.25, 0.3) is 0 Å². The van der Waals surface area contributed by atoms with E-state index in [9.17, 15) is 4.79 Å². The highest BCUT2D eigenvalue weighted by molar-refractivity contribution is 9.09. The molecule has 1 heterocycles. The molecule has 1 unspecified atom stereocenters. The molecule has 1 aromatic rings. The Morgan fingerprint density at radius 2 is 2.36 bits per heavy atom. The number of nitrogens with one attached hydrogen (secondary N) is 2. The summed E-state index contributed by atoms with van der Waals surface area (Å²) in [6.07, 6.45) is 0. The maximum atomic E-state index is 11.2. The largest absolute Gasteiger partial charge is 0.465 e. The smallest absolute Gasteiger partial charge is 0.337 e. The van der Waals surface area contributed by atoms with Crippen molar-refractivity contribution < 1.29 is 9.53 Å². The Labute approximate surface area is 89.7 Å². The number of esters is 1. The Balaban J connectivity index is 2.37. The van der Waals surface area contributed by atoms with Crippen molar-refractivity contribution in [3.05, 3.63) is 29.3 Å². The van der Waals surface area contributed by atoms with Gasteiger partial charge in [0.15, 0.2) is 0 Å². The number of carbonyl (C=O) groups excluding carboxylic acids is 1. The standard InChI is InChI=1S/C9H9BrN2O2/c1-14-9(13)5-2-3-6-7(4-5)11-12-8(6)10/h2-4,8,11-12H,1H3. The predicted octanol–water partition coefficient (Wildman–Crippen LogP) is 1.80. The molecule has 1 aliphatic heterocycles. The van der Waals surface area contributed by atoms with E-state index in [1.807, 2.05) is 6.07 Å². The molecule has 2 rings (SSSR count). The van der Waals surface area contributed by atoms with Gasteiger partial charge in [-0.2, -0.15) is 0 Å². The molecular weight excluding hydrogens is 248 g/mol. The second-order valence-corrected chi connectivity index (χ2v) is 3.84. The summed E-state index contributed by atoms with van der Waals surface area (Å²) in [6, 6.07) is 5.39. The van der Waals surface area contributed by atoms with E-state index in [2.05, 4.69) is 31.5 Å². The zero-order chi connectivity index (χ0) is 10.1. The summed E-state index contributed by atoms with van der Waals surface area (Å²) in [6.45, 7) is 0. The van der Waals surface area contributed by atoms with Crippen LogP contribution in [-0.2, 0) is 4.74 Å². The lowest BCUT2D eigenvalue weighted by Gasteiger charge is -2.02. The molecule has 5 heteroatoms. The van der Waals surface area contributed by atoms with Crippen molar-refractivity contribution in [3.8, 4) is 0 Å². The van der Waals surface area contributed by atoms with Gasteiger partial charge in [-0.3, -0.25) is 0 Å². The molecule has 0 saturated heterocycles. The first-order chi connectivity index (χ1) is 6.72. The Kier molecular flexibility index (Phi) is 2.43. The summed E-state index contributed by atoms with van der Waals surface area (Å²) in [5.74, 6) is -0.326. The molecule has 14 heavy (non-hydrogen) atoms. The normalized spacial score (nSPS) is 18.6. The number of ether oxygens (including phenoxy) is 1. The van der Waals surface area contributed by atoms with E-state index in [4.69, 9.17) is 0 Å². The minimum atomic E-state index is -0.326. The highest BCUT2D eigenvalue weighted by atomic mass is 79.9. The van der Waals surface area contributed by atoms with Crippen molar-refractivity contribution >= 4 is 27.6 Å². The van der Waals surface area contributed by atoms with E-state index < -0.39 is 0 Å². The van der Waals surface area contributed by atoms with Gasteiger partial charge in [-0.15, -0.1) is 0 Å². The summed E-state index contributed by atoms with van der Waals surface area (Å²) in [4.78, 5) is 11.3. The van der Waals surface area contributed by atoms with Crippen LogP contribution in [-0.4, -0.2) is 13.1 Å². The maximum absolute atomic E-state index is 11.2. The molecule has 0 aliphatic carbocycles. The summed E-state index contributed by atoms with van der Waals surface area (Å²) < 4.78 is 4.62. The molecule has 0 fully saturated rings. The van der Waals surface area contributed by atoms with Crippen molar-refractivity contribution in [1.82, 2.24) is 5.43 Å². The Morgan fingerprint density at radius 1 is 1.57 bits per heavy atom. The Hall–Kier alpha value is -1.07. The number of hydrazine groups is 1. The molecule has 0 saturated carbocycles. The number of alkyl halides is 1. The summed E-state index contributed by atoms with van der Waals surface area (Å²) in [7, 11) is 1.37. The number of anilines is 1. The maximum Gasteiger partial charge on any atom is 0.337 e. The van der Waals surface area contributed by atoms with Gasteiger partial charge < -0.3 is 10.2 Å². The minimum absolute atomic E-state index is 0.0872. The van der Waals surface area contributed by atoms with E-state index >= 15 is 0 Å². The number of methoxy groups -OCH3 is 1. The van der Waals surface area contributed by atoms with Gasteiger partial charge in [-0.05, 0) is 12.1 Å². The highest BCUT2D eigenvalue weighted by Crippen LogP contribution is 2.32. The third kappa shape index (κ3) is 1.49. The molecule has 0 radical (unpaired) electrons. The fourth-order valence-electron chi connectivity index (χ4n) is 1.35. The molecule has 0 spiro atoms. The molecule has 4 nitrogen and oxygen atoms in total. The zero-order valence-corrected chi connectivity index (χ0v) is 9.09. The Morgan fingerprint density at radius 3 is 3.07 bits per heavy atom. The molecular formula is C9H9BrN2O2. The monoisotopic (exact) mass is 256 g/mol. The van der Waals surface area contributed by atoms with Crippen molar-refractivity contribution in [3.63, 3.8) is 0 Å². The molecule has 2 N–H and O–H groups in total. The van der Waals surface area contributed by atoms with Gasteiger partial charge in [-0.25, -0.2) is 10.2 Å². The molecule has 1 aromatic carbocycles. The molecule has 0 bridgehead atoms.